The van der Waals surface area contributed by atoms with Crippen LogP contribution in [0.25, 0.3) is 0 Å². The smallest absolute Gasteiger partial charge is 0.342 e. The molecule has 2 aliphatic heterocycles. The third-order valence-corrected chi connectivity index (χ3v) is 9.90. The Morgan fingerprint density at radius 1 is 1.12 bits per heavy atom. The second-order valence-corrected chi connectivity index (χ2v) is 12.6. The van der Waals surface area contributed by atoms with Crippen molar-refractivity contribution in [2.75, 3.05) is 45.9 Å². The highest BCUT2D eigenvalue weighted by atomic mass is 16.5. The molecule has 5 rings (SSSR count). The number of nitrogens with one attached hydrogen (secondary N) is 3. The molecule has 3 heterocycles. The quantitative estimate of drug-likeness (QED) is 0.314. The minimum atomic E-state index is -0.957. The average molecular weight is 580 g/mol. The van der Waals surface area contributed by atoms with Crippen molar-refractivity contribution in [1.82, 2.24) is 25.4 Å². The average Bonchev–Trinajstić information content (AvgIpc) is 3.71. The molecule has 2 aliphatic carbocycles. The summed E-state index contributed by atoms with van der Waals surface area (Å²) in [4.78, 5) is 40.3. The van der Waals surface area contributed by atoms with Crippen molar-refractivity contribution >= 4 is 17.8 Å². The Morgan fingerprint density at radius 2 is 1.83 bits per heavy atom. The number of aliphatic imine (C=N–C) groups is 1. The van der Waals surface area contributed by atoms with Gasteiger partial charge in [0.25, 0.3) is 0 Å². The van der Waals surface area contributed by atoms with Gasteiger partial charge in [-0.05, 0) is 57.1 Å². The number of H-pyrrole nitrogens is 1. The van der Waals surface area contributed by atoms with Gasteiger partial charge in [-0.3, -0.25) is 9.69 Å². The van der Waals surface area contributed by atoms with Crippen LogP contribution in [0.1, 0.15) is 89.2 Å². The molecular weight excluding hydrogens is 530 g/mol. The number of morpholine rings is 1. The number of aromatic amines is 1. The molecule has 10 heteroatoms. The highest BCUT2D eigenvalue weighted by molar-refractivity contribution is 6.08. The first-order valence-electron chi connectivity index (χ1n) is 16.3. The number of rotatable bonds is 8. The molecule has 2 saturated carbocycles. The fourth-order valence-electron chi connectivity index (χ4n) is 7.75. The molecule has 0 bridgehead atoms. The summed E-state index contributed by atoms with van der Waals surface area (Å²) in [6.07, 6.45) is 14.1. The maximum absolute atomic E-state index is 14.8. The van der Waals surface area contributed by atoms with Gasteiger partial charge in [0.1, 0.15) is 17.3 Å². The van der Waals surface area contributed by atoms with Gasteiger partial charge in [-0.1, -0.05) is 38.5 Å². The van der Waals surface area contributed by atoms with Crippen LogP contribution in [0.15, 0.2) is 23.3 Å². The number of urea groups is 1. The summed E-state index contributed by atoms with van der Waals surface area (Å²) in [7, 11) is 0. The molecule has 10 nitrogen and oxygen atoms in total. The molecule has 1 aromatic rings. The number of ether oxygens (including phenoxy) is 1. The summed E-state index contributed by atoms with van der Waals surface area (Å²) >= 11 is 0. The Labute approximate surface area is 250 Å². The fourth-order valence-corrected chi connectivity index (χ4v) is 7.75. The van der Waals surface area contributed by atoms with E-state index in [1.54, 1.807) is 0 Å². The summed E-state index contributed by atoms with van der Waals surface area (Å²) in [6, 6.07) is 6.61. The Balaban J connectivity index is 1.52. The number of carbonyl (C=O) groups excluding carboxylic acids is 2. The number of amidine groups is 1. The van der Waals surface area contributed by atoms with E-state index in [2.05, 4.69) is 42.5 Å². The Bertz CT molecular complexity index is 1100. The Hall–Kier alpha value is -2.90. The molecule has 0 aromatic carbocycles. The maximum Gasteiger partial charge on any atom is 0.342 e. The number of aromatic nitrogens is 1. The van der Waals surface area contributed by atoms with Crippen molar-refractivity contribution in [1.29, 1.82) is 5.26 Å². The van der Waals surface area contributed by atoms with E-state index >= 15 is 0 Å². The molecule has 4 aliphatic rings. The molecule has 3 unspecified atom stereocenters. The Kier molecular flexibility index (Phi) is 10.6. The van der Waals surface area contributed by atoms with Crippen LogP contribution in [0.2, 0.25) is 0 Å². The number of amides is 3. The second-order valence-electron chi connectivity index (χ2n) is 12.6. The fraction of sp³-hybridized carbons (Fsp3) is 0.750. The van der Waals surface area contributed by atoms with Crippen molar-refractivity contribution < 1.29 is 14.3 Å². The predicted octanol–water partition coefficient (Wildman–Crippen LogP) is 4.17. The number of hydrogen-bond acceptors (Lipinski definition) is 5. The predicted molar refractivity (Wildman–Crippen MR) is 162 cm³/mol. The monoisotopic (exact) mass is 579 g/mol. The third-order valence-electron chi connectivity index (χ3n) is 9.90. The number of likely N-dealkylation sites (tertiary alicyclic amines) is 1. The zero-order valence-electron chi connectivity index (χ0n) is 25.3. The zero-order valence-corrected chi connectivity index (χ0v) is 25.3. The lowest BCUT2D eigenvalue weighted by atomic mass is 9.71. The van der Waals surface area contributed by atoms with Crippen molar-refractivity contribution in [3.63, 3.8) is 0 Å². The van der Waals surface area contributed by atoms with Crippen molar-refractivity contribution in [3.8, 4) is 6.07 Å². The van der Waals surface area contributed by atoms with Gasteiger partial charge in [-0.2, -0.15) is 10.3 Å². The van der Waals surface area contributed by atoms with Crippen LogP contribution >= 0.6 is 0 Å². The molecule has 1 aromatic heterocycles. The first-order valence-corrected chi connectivity index (χ1v) is 16.3. The summed E-state index contributed by atoms with van der Waals surface area (Å²) in [5.41, 5.74) is 0.0294. The van der Waals surface area contributed by atoms with E-state index in [9.17, 15) is 14.9 Å². The standard InChI is InChI=1S/C32H49N7O3/c1-2-34-31(41)36-29(38-18-20-42-21-19-38)28(27(26-14-9-16-35-26)24-10-5-3-6-11-24)30(40)37-32(22-33)15-17-39(23-32)25-12-7-4-8-13-25/h9,14,16,24-25,27-28,35H,2-8,10-13,15,17-21,23H2,1H3,(H,34,41)(H,37,40). The van der Waals surface area contributed by atoms with E-state index in [1.807, 2.05) is 19.2 Å². The largest absolute Gasteiger partial charge is 0.378 e. The highest BCUT2D eigenvalue weighted by Gasteiger charge is 2.47. The van der Waals surface area contributed by atoms with Gasteiger partial charge in [0, 0.05) is 56.6 Å². The molecule has 0 radical (unpaired) electrons. The van der Waals surface area contributed by atoms with E-state index in [4.69, 9.17) is 4.74 Å². The molecule has 42 heavy (non-hydrogen) atoms. The van der Waals surface area contributed by atoms with E-state index < -0.39 is 17.5 Å². The van der Waals surface area contributed by atoms with E-state index in [-0.39, 0.29) is 17.7 Å². The molecule has 4 fully saturated rings. The molecule has 3 atom stereocenters. The van der Waals surface area contributed by atoms with E-state index in [0.717, 1.165) is 50.8 Å². The van der Waals surface area contributed by atoms with Gasteiger partial charge in [-0.15, -0.1) is 0 Å². The minimum Gasteiger partial charge on any atom is -0.378 e. The van der Waals surface area contributed by atoms with Gasteiger partial charge in [0.05, 0.1) is 19.3 Å². The van der Waals surface area contributed by atoms with Gasteiger partial charge in [0.2, 0.25) is 5.91 Å². The van der Waals surface area contributed by atoms with Gasteiger partial charge >= 0.3 is 6.03 Å². The number of hydrogen-bond donors (Lipinski definition) is 3. The van der Waals surface area contributed by atoms with Gasteiger partial charge < -0.3 is 25.3 Å². The van der Waals surface area contributed by atoms with Crippen molar-refractivity contribution in [3.05, 3.63) is 24.0 Å². The normalized spacial score (nSPS) is 26.4. The summed E-state index contributed by atoms with van der Waals surface area (Å²) in [5.74, 6) is -0.373. The zero-order chi connectivity index (χ0) is 29.4. The van der Waals surface area contributed by atoms with Crippen LogP contribution in [-0.2, 0) is 9.53 Å². The first-order chi connectivity index (χ1) is 20.5. The van der Waals surface area contributed by atoms with Crippen molar-refractivity contribution in [2.24, 2.45) is 16.8 Å². The van der Waals surface area contributed by atoms with Crippen LogP contribution < -0.4 is 10.6 Å². The molecule has 3 amide bonds. The lowest BCUT2D eigenvalue weighted by molar-refractivity contribution is -0.125. The maximum atomic E-state index is 14.8. The number of nitrogens with zero attached hydrogens (tertiary/aromatic N) is 4. The molecule has 0 spiro atoms. The highest BCUT2D eigenvalue weighted by Crippen LogP contribution is 2.42. The third kappa shape index (κ3) is 7.17. The van der Waals surface area contributed by atoms with Gasteiger partial charge in [-0.25, -0.2) is 4.79 Å². The second kappa shape index (κ2) is 14.5. The number of nitriles is 1. The van der Waals surface area contributed by atoms with Crippen LogP contribution in [-0.4, -0.2) is 90.1 Å². The van der Waals surface area contributed by atoms with Crippen LogP contribution in [0.5, 0.6) is 0 Å². The molecule has 3 N–H and O–H groups in total. The van der Waals surface area contributed by atoms with Crippen molar-refractivity contribution in [2.45, 2.75) is 95.1 Å². The SMILES string of the molecule is CCNC(=O)N=C(C(C(=O)NC1(C#N)CCN(C2CCCCC2)C1)C(c1ccc[nH]1)C1CCCCC1)N1CCOCC1. The number of carbonyl (C=O) groups is 2. The summed E-state index contributed by atoms with van der Waals surface area (Å²) in [5, 5.41) is 16.6. The summed E-state index contributed by atoms with van der Waals surface area (Å²) < 4.78 is 5.65. The summed E-state index contributed by atoms with van der Waals surface area (Å²) in [6.45, 7) is 5.82. The lowest BCUT2D eigenvalue weighted by Gasteiger charge is -2.40. The molecular formula is C32H49N7O3. The Morgan fingerprint density at radius 3 is 2.48 bits per heavy atom. The van der Waals surface area contributed by atoms with Crippen LogP contribution in [0, 0.1) is 23.2 Å². The molecule has 2 saturated heterocycles. The van der Waals surface area contributed by atoms with Gasteiger partial charge in [0.15, 0.2) is 0 Å². The van der Waals surface area contributed by atoms with Crippen LogP contribution in [0.3, 0.4) is 0 Å². The minimum absolute atomic E-state index is 0.192. The van der Waals surface area contributed by atoms with E-state index in [0.29, 0.717) is 57.7 Å². The van der Waals surface area contributed by atoms with E-state index in [1.165, 1.54) is 25.7 Å². The first kappa shape index (κ1) is 30.6. The molecule has 230 valence electrons. The lowest BCUT2D eigenvalue weighted by Crippen LogP contribution is -2.57. The topological polar surface area (TPSA) is 126 Å². The van der Waals surface area contributed by atoms with Crippen LogP contribution in [0.4, 0.5) is 4.79 Å².